The number of tetrazole rings is 1. The highest BCUT2D eigenvalue weighted by Crippen LogP contribution is 2.33. The van der Waals surface area contributed by atoms with Crippen LogP contribution in [0.25, 0.3) is 5.69 Å². The van der Waals surface area contributed by atoms with Crippen molar-refractivity contribution in [2.24, 2.45) is 0 Å². The van der Waals surface area contributed by atoms with Gasteiger partial charge in [0.15, 0.2) is 9.84 Å². The third kappa shape index (κ3) is 4.60. The molecule has 0 amide bonds. The van der Waals surface area contributed by atoms with Crippen molar-refractivity contribution in [3.8, 4) is 5.69 Å². The number of carboxylic acids is 1. The molecule has 0 saturated carbocycles. The van der Waals surface area contributed by atoms with Crippen LogP contribution in [0.5, 0.6) is 0 Å². The van der Waals surface area contributed by atoms with Crippen LogP contribution in [0, 0.1) is 0 Å². The second-order valence-corrected chi connectivity index (χ2v) is 9.33. The van der Waals surface area contributed by atoms with E-state index in [-0.39, 0.29) is 43.2 Å². The Balaban J connectivity index is 1.98. The lowest BCUT2D eigenvalue weighted by atomic mass is 10.1. The number of hydrogen-bond donors (Lipinski definition) is 0. The van der Waals surface area contributed by atoms with Gasteiger partial charge in [-0.2, -0.15) is 4.68 Å². The predicted molar refractivity (Wildman–Crippen MR) is 103 cm³/mol. The van der Waals surface area contributed by atoms with E-state index in [0.29, 0.717) is 0 Å². The number of aromatic nitrogens is 4. The first-order chi connectivity index (χ1) is 14.1. The summed E-state index contributed by atoms with van der Waals surface area (Å²) in [4.78, 5) is 11.1. The SMILES string of the molecule is CS(=O)(=O)c1ccc(C(=O)[O-])c(Cl)c1CSc1nnnn1-c1cccc(C(F)F)c1. The molecule has 0 spiro atoms. The van der Waals surface area contributed by atoms with Crippen LogP contribution < -0.4 is 5.11 Å². The Labute approximate surface area is 178 Å². The summed E-state index contributed by atoms with van der Waals surface area (Å²) in [5.41, 5.74) is -0.258. The minimum Gasteiger partial charge on any atom is -0.545 e. The molecule has 3 rings (SSSR count). The number of alkyl halides is 2. The van der Waals surface area contributed by atoms with E-state index in [9.17, 15) is 27.1 Å². The highest BCUT2D eigenvalue weighted by molar-refractivity contribution is 7.98. The van der Waals surface area contributed by atoms with Crippen molar-refractivity contribution < 1.29 is 27.1 Å². The fourth-order valence-electron chi connectivity index (χ4n) is 2.60. The van der Waals surface area contributed by atoms with Gasteiger partial charge in [-0.1, -0.05) is 41.6 Å². The summed E-state index contributed by atoms with van der Waals surface area (Å²) in [7, 11) is -3.72. The Kier molecular flexibility index (Phi) is 6.38. The van der Waals surface area contributed by atoms with Gasteiger partial charge >= 0.3 is 0 Å². The molecule has 8 nitrogen and oxygen atoms in total. The molecule has 0 unspecified atom stereocenters. The minimum atomic E-state index is -3.72. The van der Waals surface area contributed by atoms with Crippen molar-refractivity contribution in [1.82, 2.24) is 20.2 Å². The fourth-order valence-corrected chi connectivity index (χ4v) is 5.01. The van der Waals surface area contributed by atoms with Crippen LogP contribution in [0.15, 0.2) is 46.5 Å². The number of carboxylic acid groups (broad SMARTS) is 1. The van der Waals surface area contributed by atoms with Gasteiger partial charge in [0.25, 0.3) is 6.43 Å². The van der Waals surface area contributed by atoms with E-state index in [1.54, 1.807) is 0 Å². The summed E-state index contributed by atoms with van der Waals surface area (Å²) in [6.45, 7) is 0. The molecule has 0 radical (unpaired) electrons. The molecule has 13 heteroatoms. The van der Waals surface area contributed by atoms with Crippen molar-refractivity contribution >= 4 is 39.2 Å². The average Bonchev–Trinajstić information content (AvgIpc) is 3.14. The first-order valence-corrected chi connectivity index (χ1v) is 11.4. The maximum absolute atomic E-state index is 13.0. The van der Waals surface area contributed by atoms with Crippen molar-refractivity contribution in [1.29, 1.82) is 0 Å². The molecule has 1 heterocycles. The van der Waals surface area contributed by atoms with E-state index >= 15 is 0 Å². The first kappa shape index (κ1) is 22.1. The van der Waals surface area contributed by atoms with Crippen molar-refractivity contribution in [2.45, 2.75) is 22.2 Å². The van der Waals surface area contributed by atoms with Gasteiger partial charge in [-0.05, 0) is 28.6 Å². The third-order valence-electron chi connectivity index (χ3n) is 3.97. The Hall–Kier alpha value is -2.57. The second kappa shape index (κ2) is 8.66. The molecule has 2 aromatic carbocycles. The molecule has 0 N–H and O–H groups in total. The number of rotatable bonds is 7. The molecule has 0 atom stereocenters. The van der Waals surface area contributed by atoms with Crippen LogP contribution in [0.3, 0.4) is 0 Å². The second-order valence-electron chi connectivity index (χ2n) is 6.02. The molecule has 0 aliphatic rings. The number of halogens is 3. The Morgan fingerprint density at radius 3 is 2.67 bits per heavy atom. The van der Waals surface area contributed by atoms with Crippen molar-refractivity contribution in [3.05, 3.63) is 58.1 Å². The molecule has 0 bridgehead atoms. The zero-order chi connectivity index (χ0) is 22.1. The number of hydrogen-bond acceptors (Lipinski definition) is 8. The molecule has 158 valence electrons. The Bertz CT molecular complexity index is 1220. The zero-order valence-corrected chi connectivity index (χ0v) is 17.5. The van der Waals surface area contributed by atoms with E-state index < -0.39 is 22.2 Å². The lowest BCUT2D eigenvalue weighted by molar-refractivity contribution is -0.255. The first-order valence-electron chi connectivity index (χ1n) is 8.12. The predicted octanol–water partition coefficient (Wildman–Crippen LogP) is 2.31. The smallest absolute Gasteiger partial charge is 0.263 e. The molecule has 0 aliphatic carbocycles. The third-order valence-corrected chi connectivity index (χ3v) is 6.53. The summed E-state index contributed by atoms with van der Waals surface area (Å²) in [5.74, 6) is -1.66. The molecular formula is C17H12ClF2N4O4S2-. The minimum absolute atomic E-state index is 0.0433. The number of carbonyl (C=O) groups excluding carboxylic acids is 1. The number of sulfone groups is 1. The fraction of sp³-hybridized carbons (Fsp3) is 0.176. The van der Waals surface area contributed by atoms with Crippen LogP contribution in [0.4, 0.5) is 8.78 Å². The zero-order valence-electron chi connectivity index (χ0n) is 15.1. The van der Waals surface area contributed by atoms with Gasteiger partial charge in [-0.3, -0.25) is 0 Å². The summed E-state index contributed by atoms with van der Waals surface area (Å²) in [6, 6.07) is 7.62. The Morgan fingerprint density at radius 1 is 1.30 bits per heavy atom. The highest BCUT2D eigenvalue weighted by atomic mass is 35.5. The normalized spacial score (nSPS) is 11.8. The van der Waals surface area contributed by atoms with Crippen LogP contribution in [0.1, 0.15) is 27.9 Å². The molecule has 1 aromatic heterocycles. The van der Waals surface area contributed by atoms with Crippen molar-refractivity contribution in [3.63, 3.8) is 0 Å². The average molecular weight is 474 g/mol. The van der Waals surface area contributed by atoms with E-state index in [1.165, 1.54) is 28.9 Å². The van der Waals surface area contributed by atoms with Gasteiger partial charge in [0.1, 0.15) is 0 Å². The van der Waals surface area contributed by atoms with Crippen LogP contribution in [-0.2, 0) is 15.6 Å². The van der Waals surface area contributed by atoms with Gasteiger partial charge in [0.2, 0.25) is 5.16 Å². The van der Waals surface area contributed by atoms with Crippen LogP contribution in [0.2, 0.25) is 5.02 Å². The number of thioether (sulfide) groups is 1. The lowest BCUT2D eigenvalue weighted by Gasteiger charge is -2.14. The highest BCUT2D eigenvalue weighted by Gasteiger charge is 2.21. The summed E-state index contributed by atoms with van der Waals surface area (Å²) < 4.78 is 51.3. The molecule has 0 fully saturated rings. The van der Waals surface area contributed by atoms with E-state index in [2.05, 4.69) is 15.5 Å². The molecule has 30 heavy (non-hydrogen) atoms. The largest absolute Gasteiger partial charge is 0.545 e. The van der Waals surface area contributed by atoms with Gasteiger partial charge in [0.05, 0.1) is 21.6 Å². The maximum atomic E-state index is 13.0. The lowest BCUT2D eigenvalue weighted by Crippen LogP contribution is -2.23. The maximum Gasteiger partial charge on any atom is 0.263 e. The van der Waals surface area contributed by atoms with Gasteiger partial charge in [-0.25, -0.2) is 17.2 Å². The Morgan fingerprint density at radius 2 is 2.03 bits per heavy atom. The van der Waals surface area contributed by atoms with Gasteiger partial charge in [-0.15, -0.1) is 5.10 Å². The monoisotopic (exact) mass is 473 g/mol. The molecular weight excluding hydrogens is 462 g/mol. The van der Waals surface area contributed by atoms with Crippen LogP contribution in [-0.4, -0.2) is 40.9 Å². The number of benzene rings is 2. The molecule has 0 saturated heterocycles. The number of nitrogens with zero attached hydrogens (tertiary/aromatic N) is 4. The van der Waals surface area contributed by atoms with Crippen molar-refractivity contribution in [2.75, 3.05) is 6.26 Å². The number of aromatic carboxylic acids is 1. The molecule has 3 aromatic rings. The van der Waals surface area contributed by atoms with Gasteiger partial charge < -0.3 is 9.90 Å². The standard InChI is InChI=1S/C17H13ClF2N4O4S2/c1-30(27,28)13-6-5-11(16(25)26)14(18)12(13)8-29-17-21-22-23-24(17)10-4-2-3-9(7-10)15(19)20/h2-7,15H,8H2,1H3,(H,25,26)/p-1. The molecule has 0 aliphatic heterocycles. The summed E-state index contributed by atoms with van der Waals surface area (Å²) >= 11 is 7.09. The van der Waals surface area contributed by atoms with E-state index in [1.807, 2.05) is 0 Å². The van der Waals surface area contributed by atoms with Crippen LogP contribution >= 0.6 is 23.4 Å². The quantitative estimate of drug-likeness (QED) is 0.480. The summed E-state index contributed by atoms with van der Waals surface area (Å²) in [6.07, 6.45) is -1.72. The topological polar surface area (TPSA) is 118 Å². The van der Waals surface area contributed by atoms with E-state index in [0.717, 1.165) is 30.2 Å². The number of carbonyl (C=O) groups is 1. The van der Waals surface area contributed by atoms with Gasteiger partial charge in [0, 0.05) is 28.7 Å². The summed E-state index contributed by atoms with van der Waals surface area (Å²) in [5, 5.41) is 22.2. The van der Waals surface area contributed by atoms with E-state index in [4.69, 9.17) is 11.6 Å².